The van der Waals surface area contributed by atoms with E-state index in [1.807, 2.05) is 10.6 Å². The highest BCUT2D eigenvalue weighted by Gasteiger charge is 2.12. The van der Waals surface area contributed by atoms with Crippen molar-refractivity contribution in [1.82, 2.24) is 9.55 Å². The van der Waals surface area contributed by atoms with Crippen molar-refractivity contribution in [2.75, 3.05) is 0 Å². The second kappa shape index (κ2) is 4.61. The van der Waals surface area contributed by atoms with Crippen LogP contribution in [0.5, 0.6) is 0 Å². The number of hydrogen-bond acceptors (Lipinski definition) is 1. The van der Waals surface area contributed by atoms with Crippen LogP contribution in [-0.4, -0.2) is 9.55 Å². The maximum absolute atomic E-state index is 13.6. The van der Waals surface area contributed by atoms with Crippen LogP contribution in [0.25, 0.3) is 11.0 Å². The normalized spacial score (nSPS) is 13.5. The third kappa shape index (κ3) is 2.27. The SMILES string of the molecule is CC(C)C(C)Cn1c(=S)[nH]c2c(F)cccc21. The largest absolute Gasteiger partial charge is 0.328 e. The number of nitrogens with one attached hydrogen (secondary N) is 1. The van der Waals surface area contributed by atoms with E-state index in [0.717, 1.165) is 12.1 Å². The molecule has 0 bridgehead atoms. The summed E-state index contributed by atoms with van der Waals surface area (Å²) in [5.41, 5.74) is 1.36. The van der Waals surface area contributed by atoms with E-state index in [4.69, 9.17) is 12.2 Å². The maximum atomic E-state index is 13.6. The van der Waals surface area contributed by atoms with Crippen LogP contribution in [0.4, 0.5) is 4.39 Å². The molecule has 1 unspecified atom stereocenters. The van der Waals surface area contributed by atoms with Crippen LogP contribution in [0.15, 0.2) is 18.2 Å². The number of H-pyrrole nitrogens is 1. The Bertz CT molecular complexity index is 583. The van der Waals surface area contributed by atoms with Crippen LogP contribution < -0.4 is 0 Å². The molecule has 1 heterocycles. The van der Waals surface area contributed by atoms with Crippen LogP contribution in [0, 0.1) is 22.4 Å². The van der Waals surface area contributed by atoms with Crippen molar-refractivity contribution in [3.05, 3.63) is 28.8 Å². The first-order chi connectivity index (χ1) is 8.00. The third-order valence-electron chi connectivity index (χ3n) is 3.37. The molecule has 1 aromatic carbocycles. The van der Waals surface area contributed by atoms with E-state index >= 15 is 0 Å². The van der Waals surface area contributed by atoms with E-state index in [1.54, 1.807) is 6.07 Å². The number of fused-ring (bicyclic) bond motifs is 1. The van der Waals surface area contributed by atoms with Gasteiger partial charge in [-0.2, -0.15) is 0 Å². The Balaban J connectivity index is 2.51. The van der Waals surface area contributed by atoms with Crippen molar-refractivity contribution >= 4 is 23.3 Å². The smallest absolute Gasteiger partial charge is 0.178 e. The highest BCUT2D eigenvalue weighted by molar-refractivity contribution is 7.71. The number of aromatic amines is 1. The molecule has 2 nitrogen and oxygen atoms in total. The second-order valence-corrected chi connectivity index (χ2v) is 5.28. The van der Waals surface area contributed by atoms with Crippen LogP contribution in [-0.2, 0) is 6.54 Å². The summed E-state index contributed by atoms with van der Waals surface area (Å²) < 4.78 is 16.2. The van der Waals surface area contributed by atoms with Gasteiger partial charge in [-0.05, 0) is 36.2 Å². The standard InChI is InChI=1S/C13H17FN2S/c1-8(2)9(3)7-16-11-6-4-5-10(14)12(11)15-13(16)17/h4-6,8-9H,7H2,1-3H3,(H,15,17). The molecule has 92 valence electrons. The van der Waals surface area contributed by atoms with Gasteiger partial charge in [-0.1, -0.05) is 26.8 Å². The van der Waals surface area contributed by atoms with Gasteiger partial charge in [0.25, 0.3) is 0 Å². The van der Waals surface area contributed by atoms with Crippen LogP contribution in [0.2, 0.25) is 0 Å². The maximum Gasteiger partial charge on any atom is 0.178 e. The van der Waals surface area contributed by atoms with E-state index in [-0.39, 0.29) is 5.82 Å². The lowest BCUT2D eigenvalue weighted by Crippen LogP contribution is -2.13. The van der Waals surface area contributed by atoms with Gasteiger partial charge in [-0.15, -0.1) is 0 Å². The molecule has 0 fully saturated rings. The minimum atomic E-state index is -0.246. The van der Waals surface area contributed by atoms with Gasteiger partial charge in [0, 0.05) is 6.54 Å². The average molecular weight is 252 g/mol. The quantitative estimate of drug-likeness (QED) is 0.815. The monoisotopic (exact) mass is 252 g/mol. The summed E-state index contributed by atoms with van der Waals surface area (Å²) in [6.45, 7) is 7.37. The predicted octanol–water partition coefficient (Wildman–Crippen LogP) is 4.13. The number of nitrogens with zero attached hydrogens (tertiary/aromatic N) is 1. The lowest BCUT2D eigenvalue weighted by molar-refractivity contribution is 0.367. The van der Waals surface area contributed by atoms with Crippen molar-refractivity contribution in [3.63, 3.8) is 0 Å². The van der Waals surface area contributed by atoms with E-state index < -0.39 is 0 Å². The Morgan fingerprint density at radius 1 is 1.35 bits per heavy atom. The minimum absolute atomic E-state index is 0.246. The van der Waals surface area contributed by atoms with Gasteiger partial charge in [0.2, 0.25) is 0 Å². The lowest BCUT2D eigenvalue weighted by atomic mass is 9.98. The zero-order valence-corrected chi connectivity index (χ0v) is 11.1. The number of benzene rings is 1. The zero-order valence-electron chi connectivity index (χ0n) is 10.3. The van der Waals surface area contributed by atoms with Gasteiger partial charge in [0.05, 0.1) is 5.52 Å². The molecule has 0 aliphatic heterocycles. The number of para-hydroxylation sites is 1. The third-order valence-corrected chi connectivity index (χ3v) is 3.69. The molecule has 0 saturated carbocycles. The first-order valence-electron chi connectivity index (χ1n) is 5.87. The van der Waals surface area contributed by atoms with Crippen LogP contribution >= 0.6 is 12.2 Å². The zero-order chi connectivity index (χ0) is 12.6. The van der Waals surface area contributed by atoms with Gasteiger partial charge in [0.1, 0.15) is 11.3 Å². The van der Waals surface area contributed by atoms with Crippen molar-refractivity contribution in [1.29, 1.82) is 0 Å². The topological polar surface area (TPSA) is 20.7 Å². The van der Waals surface area contributed by atoms with Crippen LogP contribution in [0.3, 0.4) is 0 Å². The van der Waals surface area contributed by atoms with Crippen LogP contribution in [0.1, 0.15) is 20.8 Å². The van der Waals surface area contributed by atoms with Gasteiger partial charge in [-0.25, -0.2) is 4.39 Å². The minimum Gasteiger partial charge on any atom is -0.328 e. The Hall–Kier alpha value is -1.16. The number of rotatable bonds is 3. The summed E-state index contributed by atoms with van der Waals surface area (Å²) in [5, 5.41) is 0. The van der Waals surface area contributed by atoms with Crippen molar-refractivity contribution < 1.29 is 4.39 Å². The van der Waals surface area contributed by atoms with Gasteiger partial charge < -0.3 is 9.55 Å². The van der Waals surface area contributed by atoms with Crippen molar-refractivity contribution in [2.45, 2.75) is 27.3 Å². The highest BCUT2D eigenvalue weighted by Crippen LogP contribution is 2.20. The molecule has 4 heteroatoms. The molecule has 1 N–H and O–H groups in total. The summed E-state index contributed by atoms with van der Waals surface area (Å²) in [6.07, 6.45) is 0. The van der Waals surface area contributed by atoms with E-state index in [1.165, 1.54) is 6.07 Å². The Morgan fingerprint density at radius 2 is 2.06 bits per heavy atom. The first-order valence-corrected chi connectivity index (χ1v) is 6.28. The number of hydrogen-bond donors (Lipinski definition) is 1. The summed E-state index contributed by atoms with van der Waals surface area (Å²) in [6, 6.07) is 5.07. The Labute approximate surface area is 105 Å². The predicted molar refractivity (Wildman–Crippen MR) is 71.1 cm³/mol. The second-order valence-electron chi connectivity index (χ2n) is 4.90. The Morgan fingerprint density at radius 3 is 2.71 bits per heavy atom. The molecule has 1 atom stereocenters. The number of imidazole rings is 1. The summed E-state index contributed by atoms with van der Waals surface area (Å²) in [5.74, 6) is 0.837. The molecular weight excluding hydrogens is 235 g/mol. The fourth-order valence-corrected chi connectivity index (χ4v) is 2.10. The summed E-state index contributed by atoms with van der Waals surface area (Å²) in [4.78, 5) is 2.94. The number of aromatic nitrogens is 2. The van der Waals surface area contributed by atoms with E-state index in [2.05, 4.69) is 25.8 Å². The fraction of sp³-hybridized carbons (Fsp3) is 0.462. The molecule has 0 aliphatic carbocycles. The molecule has 0 amide bonds. The van der Waals surface area contributed by atoms with Gasteiger partial charge in [-0.3, -0.25) is 0 Å². The van der Waals surface area contributed by atoms with Crippen molar-refractivity contribution in [2.24, 2.45) is 11.8 Å². The summed E-state index contributed by atoms with van der Waals surface area (Å²) >= 11 is 5.26. The number of halogens is 1. The van der Waals surface area contributed by atoms with E-state index in [9.17, 15) is 4.39 Å². The average Bonchev–Trinajstić information content (AvgIpc) is 2.58. The molecular formula is C13H17FN2S. The molecule has 17 heavy (non-hydrogen) atoms. The van der Waals surface area contributed by atoms with Gasteiger partial charge >= 0.3 is 0 Å². The molecule has 0 aliphatic rings. The van der Waals surface area contributed by atoms with Crippen molar-refractivity contribution in [3.8, 4) is 0 Å². The molecule has 0 radical (unpaired) electrons. The van der Waals surface area contributed by atoms with E-state index in [0.29, 0.717) is 22.1 Å². The molecule has 2 rings (SSSR count). The fourth-order valence-electron chi connectivity index (χ4n) is 1.83. The lowest BCUT2D eigenvalue weighted by Gasteiger charge is -2.16. The highest BCUT2D eigenvalue weighted by atomic mass is 32.1. The first kappa shape index (κ1) is 12.3. The molecule has 0 spiro atoms. The molecule has 1 aromatic heterocycles. The molecule has 2 aromatic rings. The molecule has 0 saturated heterocycles. The summed E-state index contributed by atoms with van der Waals surface area (Å²) in [7, 11) is 0. The Kier molecular flexibility index (Phi) is 3.33. The van der Waals surface area contributed by atoms with Gasteiger partial charge in [0.15, 0.2) is 4.77 Å².